The highest BCUT2D eigenvalue weighted by Gasteiger charge is 2.32. The molecule has 1 aliphatic heterocycles. The van der Waals surface area contributed by atoms with Gasteiger partial charge < -0.3 is 14.8 Å². The molecule has 2 fully saturated rings. The first-order valence-electron chi connectivity index (χ1n) is 8.42. The fraction of sp³-hybridized carbons (Fsp3) is 0.444. The minimum Gasteiger partial charge on any atom is -0.373 e. The van der Waals surface area contributed by atoms with Crippen molar-refractivity contribution in [3.05, 3.63) is 42.1 Å². The van der Waals surface area contributed by atoms with Gasteiger partial charge in [0.15, 0.2) is 6.10 Å². The standard InChI is InChI=1S/C18H21N3O3/c1-12-17(24-10-9-23-12)18(22)19-16-11-15(13-7-8-13)20-21(16)14-5-3-2-4-6-14/h2-6,11-13,17H,7-10H2,1H3,(H,19,22)/t12-,17-/m0/s1. The van der Waals surface area contributed by atoms with Crippen LogP contribution in [0.5, 0.6) is 0 Å². The molecular weight excluding hydrogens is 306 g/mol. The number of rotatable bonds is 4. The van der Waals surface area contributed by atoms with Crippen molar-refractivity contribution in [1.29, 1.82) is 0 Å². The first-order valence-corrected chi connectivity index (χ1v) is 8.42. The zero-order chi connectivity index (χ0) is 16.5. The molecule has 0 unspecified atom stereocenters. The topological polar surface area (TPSA) is 65.4 Å². The van der Waals surface area contributed by atoms with E-state index in [9.17, 15) is 4.79 Å². The number of hydrogen-bond donors (Lipinski definition) is 1. The second-order valence-corrected chi connectivity index (χ2v) is 6.33. The predicted molar refractivity (Wildman–Crippen MR) is 89.3 cm³/mol. The summed E-state index contributed by atoms with van der Waals surface area (Å²) in [5.74, 6) is 0.995. The van der Waals surface area contributed by atoms with Crippen LogP contribution in [-0.2, 0) is 14.3 Å². The van der Waals surface area contributed by atoms with E-state index in [1.54, 1.807) is 4.68 Å². The molecule has 1 aromatic heterocycles. The number of anilines is 1. The summed E-state index contributed by atoms with van der Waals surface area (Å²) < 4.78 is 12.9. The number of carbonyl (C=O) groups excluding carboxylic acids is 1. The maximum atomic E-state index is 12.6. The predicted octanol–water partition coefficient (Wildman–Crippen LogP) is 2.49. The molecule has 0 spiro atoms. The number of ether oxygens (including phenoxy) is 2. The quantitative estimate of drug-likeness (QED) is 0.937. The summed E-state index contributed by atoms with van der Waals surface area (Å²) in [4.78, 5) is 12.6. The molecule has 6 nitrogen and oxygen atoms in total. The molecule has 2 aromatic rings. The molecule has 0 radical (unpaired) electrons. The molecule has 1 amide bonds. The number of hydrogen-bond acceptors (Lipinski definition) is 4. The normalized spacial score (nSPS) is 23.9. The van der Waals surface area contributed by atoms with Crippen LogP contribution in [0.15, 0.2) is 36.4 Å². The molecule has 1 saturated carbocycles. The van der Waals surface area contributed by atoms with E-state index in [1.165, 1.54) is 0 Å². The molecule has 2 heterocycles. The van der Waals surface area contributed by atoms with Crippen LogP contribution in [0.25, 0.3) is 5.69 Å². The molecule has 24 heavy (non-hydrogen) atoms. The number of aromatic nitrogens is 2. The first kappa shape index (κ1) is 15.4. The average Bonchev–Trinajstić information content (AvgIpc) is 3.37. The van der Waals surface area contributed by atoms with Crippen molar-refractivity contribution in [2.75, 3.05) is 18.5 Å². The lowest BCUT2D eigenvalue weighted by atomic mass is 10.2. The van der Waals surface area contributed by atoms with E-state index in [0.29, 0.717) is 24.9 Å². The average molecular weight is 327 g/mol. The Morgan fingerprint density at radius 1 is 1.21 bits per heavy atom. The van der Waals surface area contributed by atoms with Crippen LogP contribution in [0.3, 0.4) is 0 Å². The van der Waals surface area contributed by atoms with Gasteiger partial charge in [0.2, 0.25) is 0 Å². The monoisotopic (exact) mass is 327 g/mol. The van der Waals surface area contributed by atoms with E-state index in [1.807, 2.05) is 43.3 Å². The molecule has 1 aliphatic carbocycles. The van der Waals surface area contributed by atoms with Crippen LogP contribution < -0.4 is 5.32 Å². The smallest absolute Gasteiger partial charge is 0.257 e. The van der Waals surface area contributed by atoms with Crippen molar-refractivity contribution < 1.29 is 14.3 Å². The van der Waals surface area contributed by atoms with Gasteiger partial charge in [-0.3, -0.25) is 4.79 Å². The third kappa shape index (κ3) is 3.07. The number of nitrogens with zero attached hydrogens (tertiary/aromatic N) is 2. The fourth-order valence-electron chi connectivity index (χ4n) is 2.95. The van der Waals surface area contributed by atoms with Gasteiger partial charge in [-0.05, 0) is 31.9 Å². The van der Waals surface area contributed by atoms with Gasteiger partial charge in [0.05, 0.1) is 30.7 Å². The summed E-state index contributed by atoms with van der Waals surface area (Å²) >= 11 is 0. The van der Waals surface area contributed by atoms with Gasteiger partial charge >= 0.3 is 0 Å². The number of para-hydroxylation sites is 1. The van der Waals surface area contributed by atoms with E-state index < -0.39 is 6.10 Å². The molecule has 1 aromatic carbocycles. The third-order valence-electron chi connectivity index (χ3n) is 4.42. The molecular formula is C18H21N3O3. The van der Waals surface area contributed by atoms with Crippen molar-refractivity contribution in [3.8, 4) is 5.69 Å². The van der Waals surface area contributed by atoms with Crippen molar-refractivity contribution >= 4 is 11.7 Å². The van der Waals surface area contributed by atoms with Gasteiger partial charge in [0, 0.05) is 12.0 Å². The SMILES string of the molecule is C[C@@H]1OCCO[C@@H]1C(=O)Nc1cc(C2CC2)nn1-c1ccccc1. The summed E-state index contributed by atoms with van der Waals surface area (Å²) in [6, 6.07) is 11.8. The van der Waals surface area contributed by atoms with Crippen LogP contribution in [0.2, 0.25) is 0 Å². The highest BCUT2D eigenvalue weighted by atomic mass is 16.6. The summed E-state index contributed by atoms with van der Waals surface area (Å²) in [6.45, 7) is 2.82. The minimum atomic E-state index is -0.595. The highest BCUT2D eigenvalue weighted by Crippen LogP contribution is 2.40. The van der Waals surface area contributed by atoms with Gasteiger partial charge in [-0.1, -0.05) is 18.2 Å². The zero-order valence-electron chi connectivity index (χ0n) is 13.6. The highest BCUT2D eigenvalue weighted by molar-refractivity contribution is 5.94. The molecule has 126 valence electrons. The lowest BCUT2D eigenvalue weighted by Crippen LogP contribution is -2.45. The van der Waals surface area contributed by atoms with Crippen LogP contribution >= 0.6 is 0 Å². The Labute approximate surface area is 140 Å². The van der Waals surface area contributed by atoms with E-state index >= 15 is 0 Å². The Morgan fingerprint density at radius 3 is 2.67 bits per heavy atom. The second-order valence-electron chi connectivity index (χ2n) is 6.33. The fourth-order valence-corrected chi connectivity index (χ4v) is 2.95. The van der Waals surface area contributed by atoms with Crippen LogP contribution in [0.4, 0.5) is 5.82 Å². The van der Waals surface area contributed by atoms with Crippen LogP contribution in [-0.4, -0.2) is 41.1 Å². The lowest BCUT2D eigenvalue weighted by molar-refractivity contribution is -0.157. The first-order chi connectivity index (χ1) is 11.7. The number of nitrogens with one attached hydrogen (secondary N) is 1. The van der Waals surface area contributed by atoms with Crippen molar-refractivity contribution in [1.82, 2.24) is 9.78 Å². The zero-order valence-corrected chi connectivity index (χ0v) is 13.6. The van der Waals surface area contributed by atoms with E-state index in [4.69, 9.17) is 9.47 Å². The molecule has 4 rings (SSSR count). The van der Waals surface area contributed by atoms with Gasteiger partial charge in [-0.15, -0.1) is 0 Å². The Morgan fingerprint density at radius 2 is 1.96 bits per heavy atom. The minimum absolute atomic E-state index is 0.193. The maximum absolute atomic E-state index is 12.6. The summed E-state index contributed by atoms with van der Waals surface area (Å²) in [5, 5.41) is 7.66. The van der Waals surface area contributed by atoms with Crippen molar-refractivity contribution in [2.45, 2.75) is 37.9 Å². The van der Waals surface area contributed by atoms with Crippen molar-refractivity contribution in [3.63, 3.8) is 0 Å². The van der Waals surface area contributed by atoms with Crippen LogP contribution in [0.1, 0.15) is 31.4 Å². The molecule has 2 atom stereocenters. The third-order valence-corrected chi connectivity index (χ3v) is 4.42. The molecule has 1 saturated heterocycles. The largest absolute Gasteiger partial charge is 0.373 e. The van der Waals surface area contributed by atoms with Gasteiger partial charge in [-0.25, -0.2) is 4.68 Å². The number of amides is 1. The lowest BCUT2D eigenvalue weighted by Gasteiger charge is -2.28. The summed E-state index contributed by atoms with van der Waals surface area (Å²) in [5.41, 5.74) is 1.96. The van der Waals surface area contributed by atoms with Gasteiger partial charge in [0.25, 0.3) is 5.91 Å². The molecule has 6 heteroatoms. The maximum Gasteiger partial charge on any atom is 0.257 e. The Kier molecular flexibility index (Phi) is 4.08. The molecule has 1 N–H and O–H groups in total. The van der Waals surface area contributed by atoms with Crippen molar-refractivity contribution in [2.24, 2.45) is 0 Å². The van der Waals surface area contributed by atoms with Gasteiger partial charge in [0.1, 0.15) is 5.82 Å². The molecule has 0 bridgehead atoms. The summed E-state index contributed by atoms with van der Waals surface area (Å²) in [6.07, 6.45) is 1.47. The molecule has 2 aliphatic rings. The van der Waals surface area contributed by atoms with E-state index in [2.05, 4.69) is 10.4 Å². The summed E-state index contributed by atoms with van der Waals surface area (Å²) in [7, 11) is 0. The second kappa shape index (κ2) is 6.37. The van der Waals surface area contributed by atoms with E-state index in [0.717, 1.165) is 24.2 Å². The Bertz CT molecular complexity index is 724. The number of carbonyl (C=O) groups is 1. The Hall–Kier alpha value is -2.18. The van der Waals surface area contributed by atoms with Crippen LogP contribution in [0, 0.1) is 0 Å². The van der Waals surface area contributed by atoms with Gasteiger partial charge in [-0.2, -0.15) is 5.10 Å². The van der Waals surface area contributed by atoms with E-state index in [-0.39, 0.29) is 12.0 Å². The number of benzene rings is 1. The Balaban J connectivity index is 1.60.